The summed E-state index contributed by atoms with van der Waals surface area (Å²) in [6, 6.07) is 5.79. The van der Waals surface area contributed by atoms with Gasteiger partial charge in [-0.25, -0.2) is 8.42 Å². The van der Waals surface area contributed by atoms with Crippen LogP contribution in [0, 0.1) is 27.7 Å². The SMILES string of the molecule is Cc1cccc(NC(=O)CCn2nc(C)c(S(=O)(=O)N3CCCC3)c2C)c1C. The number of amides is 1. The average Bonchev–Trinajstić information content (AvgIpc) is 3.26. The molecule has 7 nitrogen and oxygen atoms in total. The highest BCUT2D eigenvalue weighted by molar-refractivity contribution is 7.89. The minimum Gasteiger partial charge on any atom is -0.326 e. The first-order valence-corrected chi connectivity index (χ1v) is 11.1. The Balaban J connectivity index is 1.72. The van der Waals surface area contributed by atoms with Gasteiger partial charge < -0.3 is 5.32 Å². The molecule has 1 aromatic carbocycles. The third kappa shape index (κ3) is 3.98. The Morgan fingerprint density at radius 1 is 1.14 bits per heavy atom. The molecule has 1 amide bonds. The van der Waals surface area contributed by atoms with Crippen LogP contribution in [0.5, 0.6) is 0 Å². The first-order chi connectivity index (χ1) is 13.2. The third-order valence-electron chi connectivity index (χ3n) is 5.41. The molecule has 1 saturated heterocycles. The lowest BCUT2D eigenvalue weighted by Crippen LogP contribution is -2.28. The Hall–Kier alpha value is -2.19. The van der Waals surface area contributed by atoms with Crippen molar-refractivity contribution in [1.29, 1.82) is 0 Å². The molecular formula is C20H28N4O3S. The molecule has 28 heavy (non-hydrogen) atoms. The van der Waals surface area contributed by atoms with Crippen LogP contribution < -0.4 is 5.32 Å². The summed E-state index contributed by atoms with van der Waals surface area (Å²) >= 11 is 0. The molecular weight excluding hydrogens is 376 g/mol. The van der Waals surface area contributed by atoms with E-state index in [0.717, 1.165) is 29.7 Å². The van der Waals surface area contributed by atoms with Gasteiger partial charge >= 0.3 is 0 Å². The zero-order valence-electron chi connectivity index (χ0n) is 16.9. The minimum absolute atomic E-state index is 0.120. The second-order valence-corrected chi connectivity index (χ2v) is 9.25. The van der Waals surface area contributed by atoms with Crippen LogP contribution in [-0.4, -0.2) is 41.5 Å². The van der Waals surface area contributed by atoms with E-state index in [-0.39, 0.29) is 17.2 Å². The molecule has 0 saturated carbocycles. The zero-order valence-corrected chi connectivity index (χ0v) is 17.8. The second kappa shape index (κ2) is 8.05. The summed E-state index contributed by atoms with van der Waals surface area (Å²) in [5, 5.41) is 7.32. The fourth-order valence-electron chi connectivity index (χ4n) is 3.64. The average molecular weight is 405 g/mol. The van der Waals surface area contributed by atoms with E-state index >= 15 is 0 Å². The van der Waals surface area contributed by atoms with E-state index in [4.69, 9.17) is 0 Å². The van der Waals surface area contributed by atoms with Gasteiger partial charge in [0.05, 0.1) is 17.9 Å². The molecule has 0 spiro atoms. The number of rotatable bonds is 6. The molecule has 3 rings (SSSR count). The monoisotopic (exact) mass is 404 g/mol. The maximum atomic E-state index is 12.9. The maximum absolute atomic E-state index is 12.9. The lowest BCUT2D eigenvalue weighted by Gasteiger charge is -2.15. The predicted molar refractivity (Wildman–Crippen MR) is 109 cm³/mol. The summed E-state index contributed by atoms with van der Waals surface area (Å²) in [5.41, 5.74) is 4.04. The van der Waals surface area contributed by atoms with Crippen LogP contribution in [0.15, 0.2) is 23.1 Å². The van der Waals surface area contributed by atoms with Gasteiger partial charge in [0.25, 0.3) is 0 Å². The summed E-state index contributed by atoms with van der Waals surface area (Å²) < 4.78 is 29.0. The van der Waals surface area contributed by atoms with E-state index in [1.807, 2.05) is 32.0 Å². The first kappa shape index (κ1) is 20.5. The van der Waals surface area contributed by atoms with Crippen molar-refractivity contribution in [2.45, 2.75) is 58.4 Å². The number of aryl methyl sites for hydroxylation is 3. The van der Waals surface area contributed by atoms with Crippen molar-refractivity contribution >= 4 is 21.6 Å². The van der Waals surface area contributed by atoms with Gasteiger partial charge in [-0.2, -0.15) is 9.40 Å². The van der Waals surface area contributed by atoms with Gasteiger partial charge in [-0.1, -0.05) is 12.1 Å². The normalized spacial score (nSPS) is 15.1. The summed E-state index contributed by atoms with van der Waals surface area (Å²) in [6.07, 6.45) is 2.01. The number of sulfonamides is 1. The molecule has 0 radical (unpaired) electrons. The molecule has 8 heteroatoms. The van der Waals surface area contributed by atoms with Crippen LogP contribution in [-0.2, 0) is 21.4 Å². The van der Waals surface area contributed by atoms with Gasteiger partial charge in [-0.05, 0) is 57.7 Å². The van der Waals surface area contributed by atoms with Crippen LogP contribution in [0.2, 0.25) is 0 Å². The number of carbonyl (C=O) groups excluding carboxylic acids is 1. The number of carbonyl (C=O) groups is 1. The number of nitrogens with one attached hydrogen (secondary N) is 1. The van der Waals surface area contributed by atoms with Crippen LogP contribution in [0.4, 0.5) is 5.69 Å². The van der Waals surface area contributed by atoms with Crippen LogP contribution in [0.25, 0.3) is 0 Å². The van der Waals surface area contributed by atoms with Crippen LogP contribution in [0.1, 0.15) is 41.8 Å². The van der Waals surface area contributed by atoms with E-state index in [1.165, 1.54) is 4.31 Å². The Labute approximate surface area is 166 Å². The van der Waals surface area contributed by atoms with E-state index in [0.29, 0.717) is 31.0 Å². The van der Waals surface area contributed by atoms with Gasteiger partial charge in [0.15, 0.2) is 0 Å². The molecule has 1 aliphatic rings. The van der Waals surface area contributed by atoms with Crippen molar-refractivity contribution in [1.82, 2.24) is 14.1 Å². The fourth-order valence-corrected chi connectivity index (χ4v) is 5.53. The summed E-state index contributed by atoms with van der Waals surface area (Å²) in [7, 11) is -3.53. The van der Waals surface area contributed by atoms with E-state index in [2.05, 4.69) is 10.4 Å². The minimum atomic E-state index is -3.53. The number of aromatic nitrogens is 2. The van der Waals surface area contributed by atoms with Crippen molar-refractivity contribution in [3.63, 3.8) is 0 Å². The highest BCUT2D eigenvalue weighted by atomic mass is 32.2. The van der Waals surface area contributed by atoms with Gasteiger partial charge in [-0.3, -0.25) is 9.48 Å². The van der Waals surface area contributed by atoms with Crippen molar-refractivity contribution in [2.24, 2.45) is 0 Å². The standard InChI is InChI=1S/C20H28N4O3S/c1-14-8-7-9-18(15(14)2)21-19(25)10-13-24-17(4)20(16(3)22-24)28(26,27)23-11-5-6-12-23/h7-9H,5-6,10-13H2,1-4H3,(H,21,25). The summed E-state index contributed by atoms with van der Waals surface area (Å²) in [4.78, 5) is 12.7. The summed E-state index contributed by atoms with van der Waals surface area (Å²) in [6.45, 7) is 8.90. The molecule has 1 N–H and O–H groups in total. The molecule has 1 fully saturated rings. The number of anilines is 1. The van der Waals surface area contributed by atoms with E-state index in [1.54, 1.807) is 18.5 Å². The number of benzene rings is 1. The van der Waals surface area contributed by atoms with Crippen LogP contribution >= 0.6 is 0 Å². The van der Waals surface area contributed by atoms with Gasteiger partial charge in [0.1, 0.15) is 4.90 Å². The zero-order chi connectivity index (χ0) is 20.5. The molecule has 0 aliphatic carbocycles. The smallest absolute Gasteiger partial charge is 0.246 e. The van der Waals surface area contributed by atoms with Gasteiger partial charge in [-0.15, -0.1) is 0 Å². The fraction of sp³-hybridized carbons (Fsp3) is 0.500. The Kier molecular flexibility index (Phi) is 5.90. The lowest BCUT2D eigenvalue weighted by molar-refractivity contribution is -0.116. The third-order valence-corrected chi connectivity index (χ3v) is 7.56. The number of hydrogen-bond donors (Lipinski definition) is 1. The molecule has 2 heterocycles. The molecule has 152 valence electrons. The molecule has 1 aliphatic heterocycles. The Morgan fingerprint density at radius 2 is 1.82 bits per heavy atom. The Bertz CT molecular complexity index is 989. The highest BCUT2D eigenvalue weighted by Gasteiger charge is 2.32. The number of nitrogens with zero attached hydrogens (tertiary/aromatic N) is 3. The molecule has 2 aromatic rings. The predicted octanol–water partition coefficient (Wildman–Crippen LogP) is 2.93. The van der Waals surface area contributed by atoms with Crippen molar-refractivity contribution < 1.29 is 13.2 Å². The molecule has 0 bridgehead atoms. The first-order valence-electron chi connectivity index (χ1n) is 9.62. The number of hydrogen-bond acceptors (Lipinski definition) is 4. The summed E-state index contributed by atoms with van der Waals surface area (Å²) in [5.74, 6) is -0.120. The lowest BCUT2D eigenvalue weighted by atomic mass is 10.1. The van der Waals surface area contributed by atoms with Crippen molar-refractivity contribution in [2.75, 3.05) is 18.4 Å². The van der Waals surface area contributed by atoms with Crippen molar-refractivity contribution in [3.8, 4) is 0 Å². The Morgan fingerprint density at radius 3 is 2.50 bits per heavy atom. The van der Waals surface area contributed by atoms with E-state index < -0.39 is 10.0 Å². The molecule has 1 aromatic heterocycles. The van der Waals surface area contributed by atoms with Crippen LogP contribution in [0.3, 0.4) is 0 Å². The van der Waals surface area contributed by atoms with Crippen molar-refractivity contribution in [3.05, 3.63) is 40.7 Å². The molecule has 0 unspecified atom stereocenters. The van der Waals surface area contributed by atoms with Gasteiger partial charge in [0, 0.05) is 25.2 Å². The quantitative estimate of drug-likeness (QED) is 0.802. The topological polar surface area (TPSA) is 84.3 Å². The largest absolute Gasteiger partial charge is 0.326 e. The molecule has 0 atom stereocenters. The van der Waals surface area contributed by atoms with Gasteiger partial charge in [0.2, 0.25) is 15.9 Å². The second-order valence-electron chi connectivity index (χ2n) is 7.38. The van der Waals surface area contributed by atoms with E-state index in [9.17, 15) is 13.2 Å². The maximum Gasteiger partial charge on any atom is 0.246 e. The highest BCUT2D eigenvalue weighted by Crippen LogP contribution is 2.26.